The summed E-state index contributed by atoms with van der Waals surface area (Å²) in [6, 6.07) is 34.8. The summed E-state index contributed by atoms with van der Waals surface area (Å²) in [6.45, 7) is 1.87. The molecule has 0 bridgehead atoms. The summed E-state index contributed by atoms with van der Waals surface area (Å²) in [7, 11) is 0. The first-order valence-electron chi connectivity index (χ1n) is 13.9. The molecule has 39 heavy (non-hydrogen) atoms. The maximum Gasteiger partial charge on any atom is 0.343 e. The predicted molar refractivity (Wildman–Crippen MR) is 156 cm³/mol. The van der Waals surface area contributed by atoms with Gasteiger partial charge in [0.05, 0.1) is 12.2 Å². The molecule has 196 valence electrons. The van der Waals surface area contributed by atoms with Gasteiger partial charge in [0.1, 0.15) is 11.5 Å². The Balaban J connectivity index is 1.19. The molecule has 4 aromatic rings. The molecule has 1 atom stereocenters. The lowest BCUT2D eigenvalue weighted by molar-refractivity contribution is 0.0734. The summed E-state index contributed by atoms with van der Waals surface area (Å²) in [4.78, 5) is 12.6. The number of benzene rings is 4. The number of allylic oxidation sites excluding steroid dienone is 2. The Morgan fingerprint density at radius 3 is 2.33 bits per heavy atom. The highest BCUT2D eigenvalue weighted by Gasteiger charge is 2.24. The van der Waals surface area contributed by atoms with Crippen molar-refractivity contribution in [1.29, 1.82) is 0 Å². The summed E-state index contributed by atoms with van der Waals surface area (Å²) in [5.74, 6) is 1.16. The molecule has 2 aliphatic rings. The van der Waals surface area contributed by atoms with Crippen molar-refractivity contribution >= 4 is 17.1 Å². The van der Waals surface area contributed by atoms with Gasteiger partial charge in [-0.25, -0.2) is 4.79 Å². The summed E-state index contributed by atoms with van der Waals surface area (Å²) in [5.41, 5.74) is 8.06. The van der Waals surface area contributed by atoms with Crippen LogP contribution in [0.1, 0.15) is 51.9 Å². The van der Waals surface area contributed by atoms with Gasteiger partial charge in [-0.3, -0.25) is 0 Å². The number of nitrogens with one attached hydrogen (secondary N) is 1. The van der Waals surface area contributed by atoms with Crippen molar-refractivity contribution in [3.05, 3.63) is 131 Å². The van der Waals surface area contributed by atoms with Crippen molar-refractivity contribution < 1.29 is 14.3 Å². The fourth-order valence-electron chi connectivity index (χ4n) is 5.62. The van der Waals surface area contributed by atoms with Gasteiger partial charge < -0.3 is 14.8 Å². The first-order chi connectivity index (χ1) is 19.2. The van der Waals surface area contributed by atoms with Crippen LogP contribution < -0.4 is 14.8 Å². The summed E-state index contributed by atoms with van der Waals surface area (Å²) >= 11 is 0. The summed E-state index contributed by atoms with van der Waals surface area (Å²) < 4.78 is 11.7. The van der Waals surface area contributed by atoms with Crippen LogP contribution in [0.25, 0.3) is 11.1 Å². The van der Waals surface area contributed by atoms with E-state index in [0.29, 0.717) is 17.4 Å². The van der Waals surface area contributed by atoms with Crippen molar-refractivity contribution in [2.45, 2.75) is 38.1 Å². The van der Waals surface area contributed by atoms with Gasteiger partial charge in [-0.05, 0) is 108 Å². The van der Waals surface area contributed by atoms with Gasteiger partial charge in [-0.2, -0.15) is 0 Å². The van der Waals surface area contributed by atoms with E-state index in [2.05, 4.69) is 66.0 Å². The molecule has 6 rings (SSSR count). The van der Waals surface area contributed by atoms with E-state index >= 15 is 0 Å². The number of carbonyl (C=O) groups excluding carboxylic acids is 1. The number of ether oxygens (including phenoxy) is 2. The fourth-order valence-corrected chi connectivity index (χ4v) is 5.62. The van der Waals surface area contributed by atoms with Gasteiger partial charge in [-0.1, -0.05) is 66.7 Å². The normalized spacial score (nSPS) is 16.3. The number of hydrogen-bond donors (Lipinski definition) is 1. The van der Waals surface area contributed by atoms with Crippen LogP contribution in [0.5, 0.6) is 11.5 Å². The molecule has 1 fully saturated rings. The third kappa shape index (κ3) is 5.97. The third-order valence-corrected chi connectivity index (χ3v) is 7.68. The van der Waals surface area contributed by atoms with Crippen LogP contribution in [0, 0.1) is 0 Å². The largest absolute Gasteiger partial charge is 0.494 e. The minimum Gasteiger partial charge on any atom is -0.494 e. The standard InChI is InChI=1S/C35H33NO3/c37-35(27-10-5-2-6-11-27)39-31-17-18-32-28(23-31)24-33(26-8-3-1-4-9-26)34(32)22-25-13-15-30(16-14-25)38-21-19-29-12-7-20-36-29/h1-6,8-11,13-18,23,29,36H,7,12,19-22,24H2. The quantitative estimate of drug-likeness (QED) is 0.190. The lowest BCUT2D eigenvalue weighted by Crippen LogP contribution is -2.23. The maximum absolute atomic E-state index is 12.6. The van der Waals surface area contributed by atoms with E-state index in [0.717, 1.165) is 38.2 Å². The smallest absolute Gasteiger partial charge is 0.343 e. The molecular formula is C35H33NO3. The number of hydrogen-bond acceptors (Lipinski definition) is 4. The SMILES string of the molecule is O=C(Oc1ccc2c(c1)CC(c1ccccc1)=C2Cc1ccc(OCCC2CCCN2)cc1)c1ccccc1. The van der Waals surface area contributed by atoms with Crippen molar-refractivity contribution in [2.75, 3.05) is 13.2 Å². The topological polar surface area (TPSA) is 47.6 Å². The molecule has 1 aliphatic heterocycles. The van der Waals surface area contributed by atoms with Gasteiger partial charge in [0.25, 0.3) is 0 Å². The van der Waals surface area contributed by atoms with E-state index in [9.17, 15) is 4.79 Å². The molecule has 1 saturated heterocycles. The molecule has 4 heteroatoms. The first-order valence-corrected chi connectivity index (χ1v) is 13.9. The van der Waals surface area contributed by atoms with Crippen molar-refractivity contribution in [1.82, 2.24) is 5.32 Å². The zero-order chi connectivity index (χ0) is 26.4. The van der Waals surface area contributed by atoms with E-state index in [4.69, 9.17) is 9.47 Å². The molecule has 1 unspecified atom stereocenters. The molecule has 4 nitrogen and oxygen atoms in total. The highest BCUT2D eigenvalue weighted by Crippen LogP contribution is 2.41. The van der Waals surface area contributed by atoms with Gasteiger partial charge in [0.2, 0.25) is 0 Å². The molecule has 1 N–H and O–H groups in total. The van der Waals surface area contributed by atoms with Gasteiger partial charge in [-0.15, -0.1) is 0 Å². The average Bonchev–Trinajstić information content (AvgIpc) is 3.63. The summed E-state index contributed by atoms with van der Waals surface area (Å²) in [5, 5.41) is 3.53. The Bertz CT molecular complexity index is 1450. The van der Waals surface area contributed by atoms with E-state index < -0.39 is 0 Å². The number of carbonyl (C=O) groups is 1. The molecule has 0 amide bonds. The van der Waals surface area contributed by atoms with E-state index in [1.807, 2.05) is 30.3 Å². The van der Waals surface area contributed by atoms with Crippen molar-refractivity contribution in [3.8, 4) is 11.5 Å². The number of fused-ring (bicyclic) bond motifs is 1. The van der Waals surface area contributed by atoms with Crippen LogP contribution in [0.15, 0.2) is 103 Å². The predicted octanol–water partition coefficient (Wildman–Crippen LogP) is 7.14. The van der Waals surface area contributed by atoms with E-state index in [1.165, 1.54) is 46.2 Å². The van der Waals surface area contributed by atoms with Crippen LogP contribution in [0.2, 0.25) is 0 Å². The zero-order valence-electron chi connectivity index (χ0n) is 22.1. The Hall–Kier alpha value is -4.15. The molecule has 1 heterocycles. The Morgan fingerprint density at radius 1 is 0.846 bits per heavy atom. The van der Waals surface area contributed by atoms with Gasteiger partial charge in [0.15, 0.2) is 0 Å². The Kier molecular flexibility index (Phi) is 7.55. The second-order valence-corrected chi connectivity index (χ2v) is 10.3. The van der Waals surface area contributed by atoms with Crippen molar-refractivity contribution in [3.63, 3.8) is 0 Å². The molecule has 0 spiro atoms. The second-order valence-electron chi connectivity index (χ2n) is 10.3. The lowest BCUT2D eigenvalue weighted by atomic mass is 9.95. The monoisotopic (exact) mass is 515 g/mol. The second kappa shape index (κ2) is 11.7. The Morgan fingerprint density at radius 2 is 1.59 bits per heavy atom. The molecular weight excluding hydrogens is 482 g/mol. The van der Waals surface area contributed by atoms with Crippen LogP contribution in [-0.2, 0) is 12.8 Å². The molecule has 0 radical (unpaired) electrons. The maximum atomic E-state index is 12.6. The van der Waals surface area contributed by atoms with Gasteiger partial charge in [0, 0.05) is 6.04 Å². The first kappa shape index (κ1) is 25.1. The van der Waals surface area contributed by atoms with Gasteiger partial charge >= 0.3 is 5.97 Å². The molecule has 0 saturated carbocycles. The van der Waals surface area contributed by atoms with E-state index in [1.54, 1.807) is 12.1 Å². The lowest BCUT2D eigenvalue weighted by Gasteiger charge is -2.13. The van der Waals surface area contributed by atoms with Crippen LogP contribution in [-0.4, -0.2) is 25.2 Å². The highest BCUT2D eigenvalue weighted by molar-refractivity contribution is 5.98. The molecule has 0 aromatic heterocycles. The van der Waals surface area contributed by atoms with Crippen LogP contribution >= 0.6 is 0 Å². The van der Waals surface area contributed by atoms with Crippen LogP contribution in [0.4, 0.5) is 0 Å². The highest BCUT2D eigenvalue weighted by atomic mass is 16.5. The average molecular weight is 516 g/mol. The minimum absolute atomic E-state index is 0.341. The van der Waals surface area contributed by atoms with Crippen molar-refractivity contribution in [2.24, 2.45) is 0 Å². The fraction of sp³-hybridized carbons (Fsp3) is 0.229. The molecule has 4 aromatic carbocycles. The zero-order valence-corrected chi connectivity index (χ0v) is 22.1. The Labute approximate surface area is 230 Å². The van der Waals surface area contributed by atoms with E-state index in [-0.39, 0.29) is 5.97 Å². The summed E-state index contributed by atoms with van der Waals surface area (Å²) in [6.07, 6.45) is 5.20. The van der Waals surface area contributed by atoms with Crippen LogP contribution in [0.3, 0.4) is 0 Å². The number of esters is 1. The molecule has 1 aliphatic carbocycles. The third-order valence-electron chi connectivity index (χ3n) is 7.68. The number of rotatable bonds is 9. The minimum atomic E-state index is -0.341.